The number of rotatable bonds is 2. The Balaban J connectivity index is 3.01. The average Bonchev–Trinajstić information content (AvgIpc) is 2.09. The Kier molecular flexibility index (Phi) is 2.55. The van der Waals surface area contributed by atoms with E-state index in [-0.39, 0.29) is 0 Å². The zero-order chi connectivity index (χ0) is 8.10. The van der Waals surface area contributed by atoms with Crippen LogP contribution in [0.5, 0.6) is 0 Å². The van der Waals surface area contributed by atoms with Crippen LogP contribution in [-0.2, 0) is 0 Å². The maximum atomic E-state index is 3.90. The molecule has 0 bridgehead atoms. The number of aromatic nitrogens is 2. The summed E-state index contributed by atoms with van der Waals surface area (Å²) in [5.74, 6) is 0. The fraction of sp³-hybridized carbons (Fsp3) is 0.111. The standard InChI is InChI=1S/C9H10N2/c1-3-8(4-2)9-5-10-7-11-6-9/h3-7H,1H2,2H3/b8-4+. The van der Waals surface area contributed by atoms with Gasteiger partial charge in [0.15, 0.2) is 0 Å². The van der Waals surface area contributed by atoms with Crippen LogP contribution in [0.15, 0.2) is 37.5 Å². The van der Waals surface area contributed by atoms with Gasteiger partial charge in [-0.3, -0.25) is 0 Å². The third-order valence-corrected chi connectivity index (χ3v) is 1.42. The molecule has 11 heavy (non-hydrogen) atoms. The van der Waals surface area contributed by atoms with E-state index in [1.54, 1.807) is 18.5 Å². The second-order valence-corrected chi connectivity index (χ2v) is 2.08. The smallest absolute Gasteiger partial charge is 0.115 e. The van der Waals surface area contributed by atoms with Crippen molar-refractivity contribution in [2.75, 3.05) is 0 Å². The lowest BCUT2D eigenvalue weighted by atomic mass is 10.1. The molecule has 0 fully saturated rings. The van der Waals surface area contributed by atoms with Crippen molar-refractivity contribution in [3.8, 4) is 0 Å². The Hall–Kier alpha value is -1.44. The van der Waals surface area contributed by atoms with Gasteiger partial charge in [-0.2, -0.15) is 0 Å². The summed E-state index contributed by atoms with van der Waals surface area (Å²) in [6, 6.07) is 0. The average molecular weight is 146 g/mol. The van der Waals surface area contributed by atoms with E-state index in [2.05, 4.69) is 16.5 Å². The highest BCUT2D eigenvalue weighted by Crippen LogP contribution is 2.11. The number of nitrogens with zero attached hydrogens (tertiary/aromatic N) is 2. The fourth-order valence-corrected chi connectivity index (χ4v) is 0.851. The van der Waals surface area contributed by atoms with Gasteiger partial charge in [0.05, 0.1) is 0 Å². The summed E-state index contributed by atoms with van der Waals surface area (Å²) in [7, 11) is 0. The van der Waals surface area contributed by atoms with Crippen molar-refractivity contribution < 1.29 is 0 Å². The summed E-state index contributed by atoms with van der Waals surface area (Å²) in [6.07, 6.45) is 8.82. The highest BCUT2D eigenvalue weighted by molar-refractivity contribution is 5.71. The van der Waals surface area contributed by atoms with E-state index in [4.69, 9.17) is 0 Å². The molecular formula is C9H10N2. The normalized spacial score (nSPS) is 11.2. The third-order valence-electron chi connectivity index (χ3n) is 1.42. The summed E-state index contributed by atoms with van der Waals surface area (Å²) in [5.41, 5.74) is 2.07. The van der Waals surface area contributed by atoms with Gasteiger partial charge in [0.2, 0.25) is 0 Å². The summed E-state index contributed by atoms with van der Waals surface area (Å²) in [4.78, 5) is 7.80. The Morgan fingerprint density at radius 2 is 2.09 bits per heavy atom. The molecule has 0 aromatic carbocycles. The highest BCUT2D eigenvalue weighted by atomic mass is 14.8. The van der Waals surface area contributed by atoms with Gasteiger partial charge in [-0.15, -0.1) is 0 Å². The van der Waals surface area contributed by atoms with Gasteiger partial charge in [-0.1, -0.05) is 18.7 Å². The van der Waals surface area contributed by atoms with Gasteiger partial charge in [0.25, 0.3) is 0 Å². The first-order valence-corrected chi connectivity index (χ1v) is 3.42. The van der Waals surface area contributed by atoms with Crippen LogP contribution in [-0.4, -0.2) is 9.97 Å². The molecule has 0 amide bonds. The van der Waals surface area contributed by atoms with E-state index in [9.17, 15) is 0 Å². The SMILES string of the molecule is C=C/C(=C\C)c1cncnc1. The van der Waals surface area contributed by atoms with E-state index in [1.807, 2.05) is 13.0 Å². The van der Waals surface area contributed by atoms with E-state index in [0.717, 1.165) is 11.1 Å². The number of hydrogen-bond acceptors (Lipinski definition) is 2. The highest BCUT2D eigenvalue weighted by Gasteiger charge is 1.93. The molecule has 1 rings (SSSR count). The molecule has 0 radical (unpaired) electrons. The first kappa shape index (κ1) is 7.66. The largest absolute Gasteiger partial charge is 0.244 e. The lowest BCUT2D eigenvalue weighted by Gasteiger charge is -1.97. The molecule has 0 unspecified atom stereocenters. The predicted molar refractivity (Wildman–Crippen MR) is 45.9 cm³/mol. The minimum absolute atomic E-state index is 1.00. The zero-order valence-corrected chi connectivity index (χ0v) is 6.49. The molecule has 0 aliphatic heterocycles. The van der Waals surface area contributed by atoms with Gasteiger partial charge in [-0.05, 0) is 12.5 Å². The van der Waals surface area contributed by atoms with Crippen molar-refractivity contribution in [1.29, 1.82) is 0 Å². The summed E-state index contributed by atoms with van der Waals surface area (Å²) in [5, 5.41) is 0. The lowest BCUT2D eigenvalue weighted by Crippen LogP contribution is -1.83. The van der Waals surface area contributed by atoms with E-state index >= 15 is 0 Å². The topological polar surface area (TPSA) is 25.8 Å². The van der Waals surface area contributed by atoms with Gasteiger partial charge in [0.1, 0.15) is 6.33 Å². The lowest BCUT2D eigenvalue weighted by molar-refractivity contribution is 1.15. The van der Waals surface area contributed by atoms with Crippen molar-refractivity contribution in [3.63, 3.8) is 0 Å². The quantitative estimate of drug-likeness (QED) is 0.597. The third kappa shape index (κ3) is 1.74. The summed E-state index contributed by atoms with van der Waals surface area (Å²) < 4.78 is 0. The fourth-order valence-electron chi connectivity index (χ4n) is 0.851. The second kappa shape index (κ2) is 3.66. The van der Waals surface area contributed by atoms with E-state index < -0.39 is 0 Å². The molecule has 1 heterocycles. The summed E-state index contributed by atoms with van der Waals surface area (Å²) >= 11 is 0. The Labute approximate surface area is 66.3 Å². The monoisotopic (exact) mass is 146 g/mol. The molecule has 0 aliphatic carbocycles. The Bertz CT molecular complexity index is 262. The van der Waals surface area contributed by atoms with Gasteiger partial charge >= 0.3 is 0 Å². The molecule has 1 aromatic heterocycles. The Morgan fingerprint density at radius 1 is 1.45 bits per heavy atom. The molecular weight excluding hydrogens is 136 g/mol. The first-order chi connectivity index (χ1) is 5.38. The second-order valence-electron chi connectivity index (χ2n) is 2.08. The van der Waals surface area contributed by atoms with Crippen LogP contribution in [0.2, 0.25) is 0 Å². The maximum Gasteiger partial charge on any atom is 0.115 e. The Morgan fingerprint density at radius 3 is 2.55 bits per heavy atom. The van der Waals surface area contributed by atoms with Crippen molar-refractivity contribution in [2.24, 2.45) is 0 Å². The van der Waals surface area contributed by atoms with Crippen molar-refractivity contribution >= 4 is 5.57 Å². The molecule has 0 N–H and O–H groups in total. The van der Waals surface area contributed by atoms with Crippen LogP contribution in [0, 0.1) is 0 Å². The van der Waals surface area contributed by atoms with Crippen LogP contribution in [0.1, 0.15) is 12.5 Å². The molecule has 0 atom stereocenters. The van der Waals surface area contributed by atoms with Crippen LogP contribution in [0.3, 0.4) is 0 Å². The van der Waals surface area contributed by atoms with Gasteiger partial charge in [-0.25, -0.2) is 9.97 Å². The minimum atomic E-state index is 1.00. The van der Waals surface area contributed by atoms with E-state index in [1.165, 1.54) is 6.33 Å². The molecule has 0 saturated heterocycles. The van der Waals surface area contributed by atoms with Crippen LogP contribution < -0.4 is 0 Å². The molecule has 0 aliphatic rings. The zero-order valence-electron chi connectivity index (χ0n) is 6.49. The minimum Gasteiger partial charge on any atom is -0.244 e. The molecule has 0 spiro atoms. The van der Waals surface area contributed by atoms with E-state index in [0.29, 0.717) is 0 Å². The molecule has 56 valence electrons. The van der Waals surface area contributed by atoms with Gasteiger partial charge < -0.3 is 0 Å². The van der Waals surface area contributed by atoms with Gasteiger partial charge in [0, 0.05) is 18.0 Å². The summed E-state index contributed by atoms with van der Waals surface area (Å²) in [6.45, 7) is 5.65. The van der Waals surface area contributed by atoms with Crippen molar-refractivity contribution in [3.05, 3.63) is 43.0 Å². The molecule has 0 saturated carbocycles. The molecule has 2 nitrogen and oxygen atoms in total. The van der Waals surface area contributed by atoms with Crippen molar-refractivity contribution in [2.45, 2.75) is 6.92 Å². The van der Waals surface area contributed by atoms with Crippen LogP contribution in [0.25, 0.3) is 5.57 Å². The van der Waals surface area contributed by atoms with Crippen molar-refractivity contribution in [1.82, 2.24) is 9.97 Å². The first-order valence-electron chi connectivity index (χ1n) is 3.42. The predicted octanol–water partition coefficient (Wildman–Crippen LogP) is 2.07. The van der Waals surface area contributed by atoms with Crippen LogP contribution in [0.4, 0.5) is 0 Å². The van der Waals surface area contributed by atoms with Crippen LogP contribution >= 0.6 is 0 Å². The number of hydrogen-bond donors (Lipinski definition) is 0. The number of allylic oxidation sites excluding steroid dienone is 3. The molecule has 2 heteroatoms. The maximum absolute atomic E-state index is 3.90. The molecule has 1 aromatic rings.